The van der Waals surface area contributed by atoms with Crippen molar-refractivity contribution in [1.29, 1.82) is 0 Å². The molecule has 2 amide bonds. The lowest BCUT2D eigenvalue weighted by molar-refractivity contribution is -0.145. The lowest BCUT2D eigenvalue weighted by Gasteiger charge is -2.31. The van der Waals surface area contributed by atoms with Crippen LogP contribution in [0.4, 0.5) is 4.39 Å². The first-order chi connectivity index (χ1) is 14.3. The Bertz CT molecular complexity index is 856. The molecule has 4 nitrogen and oxygen atoms in total. The van der Waals surface area contributed by atoms with E-state index in [1.807, 2.05) is 32.9 Å². The summed E-state index contributed by atoms with van der Waals surface area (Å²) in [5.74, 6) is -0.223. The Balaban J connectivity index is 1.76. The summed E-state index contributed by atoms with van der Waals surface area (Å²) in [6, 6.07) is 10.3. The van der Waals surface area contributed by atoms with Gasteiger partial charge >= 0.3 is 0 Å². The fourth-order valence-corrected chi connectivity index (χ4v) is 4.87. The van der Waals surface area contributed by atoms with Crippen molar-refractivity contribution in [2.45, 2.75) is 65.6 Å². The van der Waals surface area contributed by atoms with Crippen LogP contribution in [0.5, 0.6) is 0 Å². The van der Waals surface area contributed by atoms with Gasteiger partial charge in [-0.25, -0.2) is 4.39 Å². The predicted molar refractivity (Wildman–Crippen MR) is 119 cm³/mol. The molecule has 1 aliphatic rings. The minimum atomic E-state index is -0.293. The van der Waals surface area contributed by atoms with Gasteiger partial charge in [-0.05, 0) is 63.4 Å². The predicted octanol–water partition coefficient (Wildman–Crippen LogP) is 5.15. The van der Waals surface area contributed by atoms with Crippen LogP contribution >= 0.6 is 11.3 Å². The van der Waals surface area contributed by atoms with E-state index >= 15 is 0 Å². The Morgan fingerprint density at radius 3 is 2.30 bits per heavy atom. The molecule has 162 valence electrons. The molecule has 1 aliphatic carbocycles. The number of nitrogens with zero attached hydrogens (tertiary/aromatic N) is 2. The second-order valence-corrected chi connectivity index (χ2v) is 9.80. The van der Waals surface area contributed by atoms with Crippen LogP contribution in [0.2, 0.25) is 0 Å². The highest BCUT2D eigenvalue weighted by Gasteiger charge is 2.31. The third-order valence-electron chi connectivity index (χ3n) is 5.70. The van der Waals surface area contributed by atoms with Gasteiger partial charge < -0.3 is 9.80 Å². The lowest BCUT2D eigenvalue weighted by Crippen LogP contribution is -2.47. The van der Waals surface area contributed by atoms with Crippen LogP contribution in [0.25, 0.3) is 0 Å². The lowest BCUT2D eigenvalue weighted by atomic mass is 10.1. The maximum Gasteiger partial charge on any atom is 0.242 e. The summed E-state index contributed by atoms with van der Waals surface area (Å²) >= 11 is 1.66. The Kier molecular flexibility index (Phi) is 7.64. The van der Waals surface area contributed by atoms with Crippen molar-refractivity contribution in [2.24, 2.45) is 5.92 Å². The summed E-state index contributed by atoms with van der Waals surface area (Å²) in [5, 5.41) is 0. The zero-order valence-corrected chi connectivity index (χ0v) is 18.9. The monoisotopic (exact) mass is 430 g/mol. The second-order valence-electron chi connectivity index (χ2n) is 8.43. The Labute approximate surface area is 182 Å². The largest absolute Gasteiger partial charge is 0.332 e. The fraction of sp³-hybridized carbons (Fsp3) is 0.500. The molecule has 0 aliphatic heterocycles. The molecule has 1 heterocycles. The molecule has 0 atom stereocenters. The number of carbonyl (C=O) groups is 2. The Morgan fingerprint density at radius 2 is 1.73 bits per heavy atom. The minimum Gasteiger partial charge on any atom is -0.332 e. The molecule has 1 aromatic carbocycles. The average molecular weight is 431 g/mol. The van der Waals surface area contributed by atoms with Gasteiger partial charge in [0.15, 0.2) is 0 Å². The van der Waals surface area contributed by atoms with Gasteiger partial charge in [-0.3, -0.25) is 9.59 Å². The van der Waals surface area contributed by atoms with Crippen molar-refractivity contribution in [3.05, 3.63) is 57.5 Å². The number of thiophene rings is 1. The van der Waals surface area contributed by atoms with Crippen LogP contribution < -0.4 is 0 Å². The minimum absolute atomic E-state index is 0.0290. The molecule has 0 N–H and O–H groups in total. The van der Waals surface area contributed by atoms with Gasteiger partial charge in [0.1, 0.15) is 12.4 Å². The van der Waals surface area contributed by atoms with Gasteiger partial charge in [0.05, 0.1) is 6.54 Å². The van der Waals surface area contributed by atoms with Gasteiger partial charge in [-0.15, -0.1) is 11.3 Å². The third-order valence-corrected chi connectivity index (χ3v) is 6.68. The zero-order valence-electron chi connectivity index (χ0n) is 18.1. The van der Waals surface area contributed by atoms with E-state index in [0.717, 1.165) is 36.1 Å². The molecule has 30 heavy (non-hydrogen) atoms. The summed E-state index contributed by atoms with van der Waals surface area (Å²) in [6.45, 7) is 6.93. The number of hydrogen-bond donors (Lipinski definition) is 0. The number of halogens is 1. The van der Waals surface area contributed by atoms with E-state index in [0.29, 0.717) is 13.1 Å². The van der Waals surface area contributed by atoms with Crippen molar-refractivity contribution >= 4 is 23.2 Å². The molecular formula is C24H31FN2O2S. The van der Waals surface area contributed by atoms with Crippen LogP contribution in [0.15, 0.2) is 36.4 Å². The summed E-state index contributed by atoms with van der Waals surface area (Å²) in [6.07, 6.45) is 4.02. The van der Waals surface area contributed by atoms with Crippen LogP contribution in [0, 0.1) is 18.7 Å². The molecule has 0 radical (unpaired) electrons. The van der Waals surface area contributed by atoms with Crippen molar-refractivity contribution in [2.75, 3.05) is 6.54 Å². The quantitative estimate of drug-likeness (QED) is 0.581. The van der Waals surface area contributed by atoms with Crippen LogP contribution in [-0.4, -0.2) is 34.2 Å². The molecule has 6 heteroatoms. The Morgan fingerprint density at radius 1 is 1.07 bits per heavy atom. The maximum absolute atomic E-state index is 13.3. The number of amides is 2. The SMILES string of the molecule is Cc1ccc(CN(Cc2ccc(F)cc2)C(=O)CN(C(=O)C2CCCC2)C(C)C)s1. The second kappa shape index (κ2) is 10.2. The number of carbonyl (C=O) groups excluding carboxylic acids is 2. The molecule has 0 bridgehead atoms. The summed E-state index contributed by atoms with van der Waals surface area (Å²) < 4.78 is 13.3. The number of benzene rings is 1. The average Bonchev–Trinajstić information content (AvgIpc) is 3.38. The molecule has 1 fully saturated rings. The number of aryl methyl sites for hydroxylation is 1. The molecule has 0 spiro atoms. The van der Waals surface area contributed by atoms with Gasteiger partial charge in [-0.1, -0.05) is 25.0 Å². The first kappa shape index (κ1) is 22.5. The summed E-state index contributed by atoms with van der Waals surface area (Å²) in [4.78, 5) is 32.1. The molecule has 0 unspecified atom stereocenters. The first-order valence-corrected chi connectivity index (χ1v) is 11.5. The van der Waals surface area contributed by atoms with Crippen molar-refractivity contribution < 1.29 is 14.0 Å². The van der Waals surface area contributed by atoms with E-state index in [4.69, 9.17) is 0 Å². The van der Waals surface area contributed by atoms with E-state index in [1.165, 1.54) is 17.0 Å². The van der Waals surface area contributed by atoms with Crippen LogP contribution in [-0.2, 0) is 22.7 Å². The summed E-state index contributed by atoms with van der Waals surface area (Å²) in [7, 11) is 0. The van der Waals surface area contributed by atoms with Crippen molar-refractivity contribution in [3.63, 3.8) is 0 Å². The molecule has 1 saturated carbocycles. The highest BCUT2D eigenvalue weighted by molar-refractivity contribution is 7.11. The van der Waals surface area contributed by atoms with E-state index < -0.39 is 0 Å². The molecule has 2 aromatic rings. The highest BCUT2D eigenvalue weighted by atomic mass is 32.1. The van der Waals surface area contributed by atoms with Gasteiger partial charge in [0, 0.05) is 28.3 Å². The van der Waals surface area contributed by atoms with Gasteiger partial charge in [0.25, 0.3) is 0 Å². The fourth-order valence-electron chi connectivity index (χ4n) is 3.97. The van der Waals surface area contributed by atoms with Gasteiger partial charge in [0.2, 0.25) is 11.8 Å². The van der Waals surface area contributed by atoms with Gasteiger partial charge in [-0.2, -0.15) is 0 Å². The number of rotatable bonds is 8. The van der Waals surface area contributed by atoms with Crippen LogP contribution in [0.1, 0.15) is 54.8 Å². The van der Waals surface area contributed by atoms with Crippen LogP contribution in [0.3, 0.4) is 0 Å². The molecule has 3 rings (SSSR count). The van der Waals surface area contributed by atoms with Crippen molar-refractivity contribution in [1.82, 2.24) is 9.80 Å². The molecule has 0 saturated heterocycles. The van der Waals surface area contributed by atoms with E-state index in [2.05, 4.69) is 0 Å². The summed E-state index contributed by atoms with van der Waals surface area (Å²) in [5.41, 5.74) is 0.872. The normalized spacial score (nSPS) is 14.3. The molecule has 1 aromatic heterocycles. The van der Waals surface area contributed by atoms with E-state index in [9.17, 15) is 14.0 Å². The maximum atomic E-state index is 13.3. The molecular weight excluding hydrogens is 399 g/mol. The van der Waals surface area contributed by atoms with E-state index in [-0.39, 0.29) is 36.1 Å². The highest BCUT2D eigenvalue weighted by Crippen LogP contribution is 2.27. The first-order valence-electron chi connectivity index (χ1n) is 10.7. The smallest absolute Gasteiger partial charge is 0.242 e. The zero-order chi connectivity index (χ0) is 21.7. The van der Waals surface area contributed by atoms with Crippen molar-refractivity contribution in [3.8, 4) is 0 Å². The van der Waals surface area contributed by atoms with E-state index in [1.54, 1.807) is 33.3 Å². The Hall–Kier alpha value is -2.21. The topological polar surface area (TPSA) is 40.6 Å². The number of hydrogen-bond acceptors (Lipinski definition) is 3. The standard InChI is InChI=1S/C24H31FN2O2S/c1-17(2)27(24(29)20-6-4-5-7-20)16-23(28)26(15-22-13-8-18(3)30-22)14-19-9-11-21(25)12-10-19/h8-13,17,20H,4-7,14-16H2,1-3H3. The third kappa shape index (κ3) is 5.91.